The Morgan fingerprint density at radius 1 is 1.35 bits per heavy atom. The van der Waals surface area contributed by atoms with Crippen molar-refractivity contribution in [1.29, 1.82) is 0 Å². The normalized spacial score (nSPS) is 20.2. The van der Waals surface area contributed by atoms with Crippen molar-refractivity contribution in [2.75, 3.05) is 33.4 Å². The molecule has 0 bridgehead atoms. The van der Waals surface area contributed by atoms with E-state index >= 15 is 0 Å². The Bertz CT molecular complexity index is 595. The number of nitrogens with zero attached hydrogens (tertiary/aromatic N) is 1. The van der Waals surface area contributed by atoms with E-state index in [2.05, 4.69) is 5.32 Å². The lowest BCUT2D eigenvalue weighted by atomic mass is 9.77. The third-order valence-electron chi connectivity index (χ3n) is 4.97. The van der Waals surface area contributed by atoms with Gasteiger partial charge in [0.05, 0.1) is 12.0 Å². The highest BCUT2D eigenvalue weighted by Gasteiger charge is 2.43. The number of methoxy groups -OCH3 is 1. The van der Waals surface area contributed by atoms with Crippen molar-refractivity contribution in [3.05, 3.63) is 33.3 Å². The zero-order chi connectivity index (χ0) is 16.4. The average Bonchev–Trinajstić information content (AvgIpc) is 2.55. The Morgan fingerprint density at radius 2 is 2.09 bits per heavy atom. The highest BCUT2D eigenvalue weighted by atomic mass is 35.5. The monoisotopic (exact) mass is 356 g/mol. The van der Waals surface area contributed by atoms with Crippen molar-refractivity contribution in [1.82, 2.24) is 10.2 Å². The van der Waals surface area contributed by atoms with Gasteiger partial charge in [0.25, 0.3) is 0 Å². The van der Waals surface area contributed by atoms with E-state index in [9.17, 15) is 4.79 Å². The fourth-order valence-electron chi connectivity index (χ4n) is 3.69. The van der Waals surface area contributed by atoms with Gasteiger partial charge in [0, 0.05) is 30.2 Å². The predicted octanol–water partition coefficient (Wildman–Crippen LogP) is 2.89. The van der Waals surface area contributed by atoms with Crippen LogP contribution in [-0.2, 0) is 22.5 Å². The third-order valence-corrected chi connectivity index (χ3v) is 5.53. The Balaban J connectivity index is 1.83. The first-order valence-corrected chi connectivity index (χ1v) is 8.77. The first kappa shape index (κ1) is 17.0. The molecular weight excluding hydrogens is 335 g/mol. The standard InChI is InChI=1S/C17H22Cl2N2O2/c1-23-11-17(3-5-20-6-4-17)16(22)21-7-2-12-8-13(18)9-15(19)14(12)10-21/h8-9,20H,2-7,10-11H2,1H3. The first-order valence-electron chi connectivity index (χ1n) is 8.01. The van der Waals surface area contributed by atoms with Crippen LogP contribution in [0.15, 0.2) is 12.1 Å². The van der Waals surface area contributed by atoms with Crippen LogP contribution in [-0.4, -0.2) is 44.2 Å². The molecule has 0 aromatic heterocycles. The minimum absolute atomic E-state index is 0.192. The number of carbonyl (C=O) groups excluding carboxylic acids is 1. The van der Waals surface area contributed by atoms with Crippen LogP contribution >= 0.6 is 23.2 Å². The molecule has 4 nitrogen and oxygen atoms in total. The second-order valence-corrected chi connectivity index (χ2v) is 7.31. The van der Waals surface area contributed by atoms with E-state index in [-0.39, 0.29) is 5.91 Å². The largest absolute Gasteiger partial charge is 0.384 e. The molecule has 1 aromatic rings. The summed E-state index contributed by atoms with van der Waals surface area (Å²) in [5.74, 6) is 0.192. The molecule has 0 saturated carbocycles. The van der Waals surface area contributed by atoms with Gasteiger partial charge in [-0.05, 0) is 55.6 Å². The van der Waals surface area contributed by atoms with Gasteiger partial charge in [0.15, 0.2) is 0 Å². The summed E-state index contributed by atoms with van der Waals surface area (Å²) in [5.41, 5.74) is 1.77. The maximum atomic E-state index is 13.2. The van der Waals surface area contributed by atoms with Crippen molar-refractivity contribution in [3.63, 3.8) is 0 Å². The second-order valence-electron chi connectivity index (χ2n) is 6.47. The number of ether oxygens (including phenoxy) is 1. The van der Waals surface area contributed by atoms with Gasteiger partial charge in [-0.3, -0.25) is 4.79 Å². The van der Waals surface area contributed by atoms with Crippen LogP contribution in [0.2, 0.25) is 10.0 Å². The molecule has 1 N–H and O–H groups in total. The molecule has 0 atom stereocenters. The quantitative estimate of drug-likeness (QED) is 0.905. The Hall–Kier alpha value is -0.810. The molecule has 0 radical (unpaired) electrons. The van der Waals surface area contributed by atoms with Gasteiger partial charge in [-0.1, -0.05) is 23.2 Å². The van der Waals surface area contributed by atoms with Crippen LogP contribution in [0.5, 0.6) is 0 Å². The van der Waals surface area contributed by atoms with Crippen molar-refractivity contribution in [2.45, 2.75) is 25.8 Å². The lowest BCUT2D eigenvalue weighted by Gasteiger charge is -2.41. The topological polar surface area (TPSA) is 41.6 Å². The molecule has 0 unspecified atom stereocenters. The van der Waals surface area contributed by atoms with Crippen molar-refractivity contribution in [2.24, 2.45) is 5.41 Å². The smallest absolute Gasteiger partial charge is 0.231 e. The van der Waals surface area contributed by atoms with Crippen LogP contribution in [0.25, 0.3) is 0 Å². The number of carbonyl (C=O) groups is 1. The minimum Gasteiger partial charge on any atom is -0.384 e. The fourth-order valence-corrected chi connectivity index (χ4v) is 4.29. The summed E-state index contributed by atoms with van der Waals surface area (Å²) in [5, 5.41) is 4.63. The van der Waals surface area contributed by atoms with Gasteiger partial charge < -0.3 is 15.0 Å². The van der Waals surface area contributed by atoms with E-state index in [0.717, 1.165) is 43.5 Å². The molecule has 3 rings (SSSR count). The number of hydrogen-bond acceptors (Lipinski definition) is 3. The summed E-state index contributed by atoms with van der Waals surface area (Å²) in [6, 6.07) is 3.71. The summed E-state index contributed by atoms with van der Waals surface area (Å²) >= 11 is 12.4. The number of nitrogens with one attached hydrogen (secondary N) is 1. The maximum absolute atomic E-state index is 13.2. The SMILES string of the molecule is COCC1(C(=O)N2CCc3cc(Cl)cc(Cl)c3C2)CCNCC1. The zero-order valence-corrected chi connectivity index (χ0v) is 14.8. The summed E-state index contributed by atoms with van der Waals surface area (Å²) in [6.45, 7) is 3.46. The van der Waals surface area contributed by atoms with E-state index in [1.54, 1.807) is 13.2 Å². The fraction of sp³-hybridized carbons (Fsp3) is 0.588. The first-order chi connectivity index (χ1) is 11.1. The van der Waals surface area contributed by atoms with Crippen LogP contribution in [0.1, 0.15) is 24.0 Å². The molecule has 1 saturated heterocycles. The molecule has 6 heteroatoms. The van der Waals surface area contributed by atoms with E-state index in [1.165, 1.54) is 0 Å². The molecule has 2 heterocycles. The maximum Gasteiger partial charge on any atom is 0.231 e. The molecule has 1 fully saturated rings. The molecule has 0 spiro atoms. The third kappa shape index (κ3) is 3.36. The van der Waals surface area contributed by atoms with Gasteiger partial charge in [0.1, 0.15) is 0 Å². The molecule has 2 aliphatic heterocycles. The highest BCUT2D eigenvalue weighted by molar-refractivity contribution is 6.35. The molecule has 1 aromatic carbocycles. The molecule has 126 valence electrons. The van der Waals surface area contributed by atoms with Crippen molar-refractivity contribution < 1.29 is 9.53 Å². The number of piperidine rings is 1. The van der Waals surface area contributed by atoms with E-state index in [4.69, 9.17) is 27.9 Å². The van der Waals surface area contributed by atoms with Crippen molar-refractivity contribution in [3.8, 4) is 0 Å². The molecular formula is C17H22Cl2N2O2. The molecule has 1 amide bonds. The summed E-state index contributed by atoms with van der Waals surface area (Å²) in [4.78, 5) is 15.1. The summed E-state index contributed by atoms with van der Waals surface area (Å²) in [6.07, 6.45) is 2.43. The van der Waals surface area contributed by atoms with E-state index in [0.29, 0.717) is 29.7 Å². The average molecular weight is 357 g/mol. The van der Waals surface area contributed by atoms with Gasteiger partial charge in [-0.2, -0.15) is 0 Å². The van der Waals surface area contributed by atoms with Gasteiger partial charge in [-0.25, -0.2) is 0 Å². The highest BCUT2D eigenvalue weighted by Crippen LogP contribution is 2.35. The van der Waals surface area contributed by atoms with Gasteiger partial charge >= 0.3 is 0 Å². The Kier molecular flexibility index (Phi) is 5.16. The minimum atomic E-state index is -0.406. The van der Waals surface area contributed by atoms with E-state index in [1.807, 2.05) is 11.0 Å². The number of fused-ring (bicyclic) bond motifs is 1. The van der Waals surface area contributed by atoms with Crippen LogP contribution in [0.4, 0.5) is 0 Å². The molecule has 0 aliphatic carbocycles. The van der Waals surface area contributed by atoms with Gasteiger partial charge in [-0.15, -0.1) is 0 Å². The van der Waals surface area contributed by atoms with Crippen LogP contribution in [0.3, 0.4) is 0 Å². The molecule has 2 aliphatic rings. The van der Waals surface area contributed by atoms with Crippen LogP contribution < -0.4 is 5.32 Å². The predicted molar refractivity (Wildman–Crippen MR) is 92.0 cm³/mol. The number of benzene rings is 1. The van der Waals surface area contributed by atoms with Crippen molar-refractivity contribution >= 4 is 29.1 Å². The Labute approximate surface area is 147 Å². The number of halogens is 2. The Morgan fingerprint density at radius 3 is 2.78 bits per heavy atom. The zero-order valence-electron chi connectivity index (χ0n) is 13.3. The van der Waals surface area contributed by atoms with E-state index < -0.39 is 5.41 Å². The lowest BCUT2D eigenvalue weighted by Crippen LogP contribution is -2.52. The number of amides is 1. The second kappa shape index (κ2) is 6.98. The van der Waals surface area contributed by atoms with Crippen LogP contribution in [0, 0.1) is 5.41 Å². The summed E-state index contributed by atoms with van der Waals surface area (Å²) < 4.78 is 5.39. The summed E-state index contributed by atoms with van der Waals surface area (Å²) in [7, 11) is 1.67. The lowest BCUT2D eigenvalue weighted by molar-refractivity contribution is -0.148. The number of hydrogen-bond donors (Lipinski definition) is 1. The van der Waals surface area contributed by atoms with Gasteiger partial charge in [0.2, 0.25) is 5.91 Å². The molecule has 23 heavy (non-hydrogen) atoms. The number of rotatable bonds is 3.